The Morgan fingerprint density at radius 1 is 0.900 bits per heavy atom. The van der Waals surface area contributed by atoms with E-state index in [1.807, 2.05) is 0 Å². The molecule has 1 N–H and O–H groups in total. The van der Waals surface area contributed by atoms with Crippen LogP contribution >= 0.6 is 0 Å². The van der Waals surface area contributed by atoms with Crippen LogP contribution in [-0.2, 0) is 14.9 Å². The highest BCUT2D eigenvalue weighted by atomic mass is 32.2. The Hall–Kier alpha value is -2.31. The monoisotopic (exact) mass is 430 g/mol. The van der Waals surface area contributed by atoms with Crippen LogP contribution < -0.4 is 0 Å². The summed E-state index contributed by atoms with van der Waals surface area (Å²) in [5.41, 5.74) is 1.72. The van der Waals surface area contributed by atoms with Crippen molar-refractivity contribution >= 4 is 21.7 Å². The number of benzene rings is 2. The van der Waals surface area contributed by atoms with Gasteiger partial charge in [0.25, 0.3) is 10.1 Å². The minimum absolute atomic E-state index is 0.107. The Balaban J connectivity index is 2.17. The lowest BCUT2D eigenvalue weighted by Gasteiger charge is -2.13. The number of aryl methyl sites for hydroxylation is 1. The van der Waals surface area contributed by atoms with Crippen molar-refractivity contribution < 1.29 is 22.6 Å². The van der Waals surface area contributed by atoms with Crippen LogP contribution in [0, 0.1) is 6.92 Å². The van der Waals surface area contributed by atoms with Gasteiger partial charge in [-0.05, 0) is 25.0 Å². The fourth-order valence-corrected chi connectivity index (χ4v) is 4.19. The summed E-state index contributed by atoms with van der Waals surface area (Å²) in [5, 5.41) is 0. The number of rotatable bonds is 12. The topological polar surface area (TPSA) is 88.5 Å². The molecule has 0 atom stereocenters. The fourth-order valence-electron chi connectivity index (χ4n) is 3.51. The summed E-state index contributed by atoms with van der Waals surface area (Å²) in [4.78, 5) is 24.9. The number of carbonyl (C=O) groups excluding carboxylic acids is 2. The molecule has 0 aromatic heterocycles. The van der Waals surface area contributed by atoms with Gasteiger partial charge in [-0.1, -0.05) is 81.0 Å². The van der Waals surface area contributed by atoms with Crippen molar-refractivity contribution in [3.63, 3.8) is 0 Å². The van der Waals surface area contributed by atoms with Gasteiger partial charge in [0, 0.05) is 17.5 Å². The second kappa shape index (κ2) is 11.2. The Labute approximate surface area is 179 Å². The maximum atomic E-state index is 12.8. The largest absolute Gasteiger partial charge is 0.299 e. The molecule has 0 aliphatic carbocycles. The van der Waals surface area contributed by atoms with Crippen LogP contribution in [0.2, 0.25) is 0 Å². The summed E-state index contributed by atoms with van der Waals surface area (Å²) >= 11 is 0. The van der Waals surface area contributed by atoms with E-state index < -0.39 is 10.1 Å². The zero-order valence-electron chi connectivity index (χ0n) is 17.7. The zero-order valence-corrected chi connectivity index (χ0v) is 18.5. The highest BCUT2D eigenvalue weighted by molar-refractivity contribution is 7.86. The van der Waals surface area contributed by atoms with E-state index in [0.717, 1.165) is 24.8 Å². The van der Waals surface area contributed by atoms with E-state index in [2.05, 4.69) is 6.92 Å². The normalized spacial score (nSPS) is 11.4. The molecule has 0 amide bonds. The van der Waals surface area contributed by atoms with Crippen LogP contribution in [0.3, 0.4) is 0 Å². The van der Waals surface area contributed by atoms with Crippen molar-refractivity contribution in [2.24, 2.45) is 0 Å². The van der Waals surface area contributed by atoms with Crippen molar-refractivity contribution in [2.75, 3.05) is 0 Å². The first-order valence-corrected chi connectivity index (χ1v) is 11.9. The summed E-state index contributed by atoms with van der Waals surface area (Å²) in [6.45, 7) is 3.95. The molecule has 0 aliphatic rings. The molecule has 0 fully saturated rings. The maximum absolute atomic E-state index is 12.8. The van der Waals surface area contributed by atoms with Gasteiger partial charge in [0.1, 0.15) is 10.7 Å². The molecule has 6 heteroatoms. The van der Waals surface area contributed by atoms with E-state index in [-0.39, 0.29) is 34.0 Å². The summed E-state index contributed by atoms with van der Waals surface area (Å²) in [6.07, 6.45) is 6.58. The standard InChI is InChI=1S/C24H30O5S/c1-3-4-5-6-7-8-11-19(25)17-23(26)21-13-10-9-12-20(21)22-16-18(2)14-15-24(22)30(27,28)29/h9-10,12-16H,3-8,11,17H2,1-2H3,(H,27,28,29). The maximum Gasteiger partial charge on any atom is 0.295 e. The van der Waals surface area contributed by atoms with Crippen molar-refractivity contribution in [1.82, 2.24) is 0 Å². The highest BCUT2D eigenvalue weighted by Crippen LogP contribution is 2.31. The van der Waals surface area contributed by atoms with Crippen LogP contribution in [0.15, 0.2) is 47.4 Å². The van der Waals surface area contributed by atoms with Gasteiger partial charge in [0.05, 0.1) is 6.42 Å². The Morgan fingerprint density at radius 2 is 1.57 bits per heavy atom. The zero-order chi connectivity index (χ0) is 22.1. The molecule has 0 bridgehead atoms. The average molecular weight is 431 g/mol. The van der Waals surface area contributed by atoms with E-state index in [0.29, 0.717) is 12.0 Å². The molecular formula is C24H30O5S. The van der Waals surface area contributed by atoms with Crippen LogP contribution in [0.1, 0.15) is 74.2 Å². The Morgan fingerprint density at radius 3 is 2.27 bits per heavy atom. The summed E-state index contributed by atoms with van der Waals surface area (Å²) in [7, 11) is -4.46. The van der Waals surface area contributed by atoms with Gasteiger partial charge in [0.2, 0.25) is 0 Å². The molecule has 162 valence electrons. The van der Waals surface area contributed by atoms with Crippen LogP contribution in [0.25, 0.3) is 11.1 Å². The second-order valence-corrected chi connectivity index (χ2v) is 9.07. The summed E-state index contributed by atoms with van der Waals surface area (Å²) < 4.78 is 33.3. The lowest BCUT2D eigenvalue weighted by molar-refractivity contribution is -0.118. The molecule has 2 aromatic rings. The second-order valence-electron chi connectivity index (χ2n) is 7.68. The molecule has 5 nitrogen and oxygen atoms in total. The van der Waals surface area contributed by atoms with Crippen LogP contribution in [0.5, 0.6) is 0 Å². The van der Waals surface area contributed by atoms with Crippen molar-refractivity contribution in [1.29, 1.82) is 0 Å². The first-order chi connectivity index (χ1) is 14.2. The van der Waals surface area contributed by atoms with E-state index >= 15 is 0 Å². The number of ketones is 2. The van der Waals surface area contributed by atoms with E-state index in [9.17, 15) is 22.6 Å². The predicted molar refractivity (Wildman–Crippen MR) is 118 cm³/mol. The molecule has 0 saturated heterocycles. The number of carbonyl (C=O) groups is 2. The van der Waals surface area contributed by atoms with Gasteiger partial charge in [-0.25, -0.2) is 0 Å². The molecule has 2 aromatic carbocycles. The minimum atomic E-state index is -4.46. The van der Waals surface area contributed by atoms with Gasteiger partial charge in [-0.3, -0.25) is 14.1 Å². The van der Waals surface area contributed by atoms with Gasteiger partial charge in [-0.15, -0.1) is 0 Å². The first-order valence-electron chi connectivity index (χ1n) is 10.5. The van der Waals surface area contributed by atoms with Gasteiger partial charge >= 0.3 is 0 Å². The quantitative estimate of drug-likeness (QED) is 0.199. The van der Waals surface area contributed by atoms with E-state index in [1.165, 1.54) is 25.3 Å². The average Bonchev–Trinajstić information content (AvgIpc) is 2.69. The third-order valence-corrected chi connectivity index (χ3v) is 6.01. The molecule has 0 aliphatic heterocycles. The van der Waals surface area contributed by atoms with Gasteiger partial charge in [0.15, 0.2) is 5.78 Å². The Bertz CT molecular complexity index is 992. The smallest absolute Gasteiger partial charge is 0.295 e. The molecule has 0 spiro atoms. The third kappa shape index (κ3) is 6.89. The van der Waals surface area contributed by atoms with Gasteiger partial charge in [-0.2, -0.15) is 8.42 Å². The van der Waals surface area contributed by atoms with Crippen LogP contribution in [0.4, 0.5) is 0 Å². The third-order valence-electron chi connectivity index (χ3n) is 5.10. The molecule has 30 heavy (non-hydrogen) atoms. The highest BCUT2D eigenvalue weighted by Gasteiger charge is 2.21. The summed E-state index contributed by atoms with van der Waals surface area (Å²) in [5.74, 6) is -0.450. The lowest BCUT2D eigenvalue weighted by atomic mass is 9.93. The number of hydrogen-bond donors (Lipinski definition) is 1. The van der Waals surface area contributed by atoms with Gasteiger partial charge < -0.3 is 0 Å². The van der Waals surface area contributed by atoms with Crippen LogP contribution in [-0.4, -0.2) is 24.5 Å². The Kier molecular flexibility index (Phi) is 8.93. The van der Waals surface area contributed by atoms with Crippen molar-refractivity contribution in [3.05, 3.63) is 53.6 Å². The van der Waals surface area contributed by atoms with Crippen molar-refractivity contribution in [3.8, 4) is 11.1 Å². The number of unbranched alkanes of at least 4 members (excludes halogenated alkanes) is 5. The fraction of sp³-hybridized carbons (Fsp3) is 0.417. The SMILES string of the molecule is CCCCCCCCC(=O)CC(=O)c1ccccc1-c1cc(C)ccc1S(=O)(=O)O. The molecule has 0 unspecified atom stereocenters. The molecule has 0 radical (unpaired) electrons. The van der Waals surface area contributed by atoms with E-state index in [1.54, 1.807) is 43.3 Å². The number of hydrogen-bond acceptors (Lipinski definition) is 4. The molecule has 0 saturated carbocycles. The van der Waals surface area contributed by atoms with Crippen molar-refractivity contribution in [2.45, 2.75) is 70.1 Å². The molecular weight excluding hydrogens is 400 g/mol. The molecule has 0 heterocycles. The first kappa shape index (κ1) is 24.0. The lowest BCUT2D eigenvalue weighted by Crippen LogP contribution is -2.10. The minimum Gasteiger partial charge on any atom is -0.299 e. The number of Topliss-reactive ketones (excluding diaryl/α,β-unsaturated/α-hetero) is 2. The molecule has 2 rings (SSSR count). The van der Waals surface area contributed by atoms with E-state index in [4.69, 9.17) is 0 Å². The summed E-state index contributed by atoms with van der Waals surface area (Å²) in [6, 6.07) is 11.1. The predicted octanol–water partition coefficient (Wildman–Crippen LogP) is 5.80.